The first-order chi connectivity index (χ1) is 9.96. The van der Waals surface area contributed by atoms with Crippen molar-refractivity contribution in [1.29, 1.82) is 0 Å². The lowest BCUT2D eigenvalue weighted by Crippen LogP contribution is -2.50. The van der Waals surface area contributed by atoms with Crippen molar-refractivity contribution in [2.24, 2.45) is 0 Å². The van der Waals surface area contributed by atoms with Crippen LogP contribution in [-0.4, -0.2) is 49.4 Å². The Bertz CT molecular complexity index is 620. The summed E-state index contributed by atoms with van der Waals surface area (Å²) >= 11 is 4.83. The molecule has 1 saturated heterocycles. The highest BCUT2D eigenvalue weighted by molar-refractivity contribution is 9.10. The van der Waals surface area contributed by atoms with Gasteiger partial charge in [-0.05, 0) is 25.1 Å². The summed E-state index contributed by atoms with van der Waals surface area (Å²) < 4.78 is 32.4. The van der Waals surface area contributed by atoms with E-state index >= 15 is 0 Å². The van der Waals surface area contributed by atoms with Crippen molar-refractivity contribution in [2.75, 3.05) is 24.7 Å². The van der Waals surface area contributed by atoms with E-state index in [1.165, 1.54) is 10.4 Å². The summed E-state index contributed by atoms with van der Waals surface area (Å²) in [6, 6.07) is 5.74. The molecule has 8 heteroatoms. The van der Waals surface area contributed by atoms with Crippen LogP contribution in [0.4, 0.5) is 0 Å². The lowest BCUT2D eigenvalue weighted by Gasteiger charge is -2.32. The number of carbonyl (C=O) groups excluding carboxylic acids is 1. The van der Waals surface area contributed by atoms with Crippen LogP contribution in [0.5, 0.6) is 0 Å². The molecule has 1 aliphatic rings. The van der Waals surface area contributed by atoms with Gasteiger partial charge in [0.05, 0.1) is 11.5 Å². The van der Waals surface area contributed by atoms with E-state index in [-0.39, 0.29) is 11.5 Å². The first-order valence-electron chi connectivity index (χ1n) is 6.48. The summed E-state index contributed by atoms with van der Waals surface area (Å²) in [6.07, 6.45) is 0. The van der Waals surface area contributed by atoms with E-state index in [1.807, 2.05) is 0 Å². The van der Waals surface area contributed by atoms with Crippen LogP contribution in [0.25, 0.3) is 0 Å². The van der Waals surface area contributed by atoms with Crippen LogP contribution in [0.1, 0.15) is 6.92 Å². The number of rotatable bonds is 4. The number of ether oxygens (including phenoxy) is 1. The number of carbonyl (C=O) groups is 1. The number of halogens is 1. The van der Waals surface area contributed by atoms with Crippen molar-refractivity contribution in [2.45, 2.75) is 17.9 Å². The molecule has 1 aromatic carbocycles. The monoisotopic (exact) mass is 393 g/mol. The zero-order valence-electron chi connectivity index (χ0n) is 11.5. The minimum Gasteiger partial charge on any atom is -0.465 e. The van der Waals surface area contributed by atoms with Crippen LogP contribution in [-0.2, 0) is 19.6 Å². The van der Waals surface area contributed by atoms with Gasteiger partial charge in [-0.1, -0.05) is 22.0 Å². The SMILES string of the molecule is CCOC(=O)[C@@H]1CSCCN1S(=O)(=O)c1cccc(Br)c1. The maximum atomic E-state index is 12.7. The van der Waals surface area contributed by atoms with Crippen LogP contribution >= 0.6 is 27.7 Å². The molecule has 0 saturated carbocycles. The summed E-state index contributed by atoms with van der Waals surface area (Å²) in [5, 5.41) is 0. The third-order valence-corrected chi connectivity index (χ3v) is 6.46. The fraction of sp³-hybridized carbons (Fsp3) is 0.462. The molecular formula is C13H16BrNO4S2. The molecule has 0 radical (unpaired) electrons. The van der Waals surface area contributed by atoms with E-state index < -0.39 is 22.0 Å². The highest BCUT2D eigenvalue weighted by Crippen LogP contribution is 2.26. The van der Waals surface area contributed by atoms with Crippen LogP contribution in [0, 0.1) is 0 Å². The molecule has 0 spiro atoms. The van der Waals surface area contributed by atoms with Gasteiger partial charge in [-0.2, -0.15) is 16.1 Å². The molecule has 1 aromatic rings. The molecule has 5 nitrogen and oxygen atoms in total. The summed E-state index contributed by atoms with van der Waals surface area (Å²) in [5.74, 6) is 0.609. The Labute approximate surface area is 137 Å². The van der Waals surface area contributed by atoms with E-state index in [9.17, 15) is 13.2 Å². The number of thioether (sulfide) groups is 1. The largest absolute Gasteiger partial charge is 0.465 e. The van der Waals surface area contributed by atoms with Gasteiger partial charge >= 0.3 is 5.97 Å². The summed E-state index contributed by atoms with van der Waals surface area (Å²) in [7, 11) is -3.71. The van der Waals surface area contributed by atoms with Crippen molar-refractivity contribution >= 4 is 43.7 Å². The molecule has 1 fully saturated rings. The van der Waals surface area contributed by atoms with E-state index in [0.29, 0.717) is 22.5 Å². The molecule has 0 amide bonds. The van der Waals surface area contributed by atoms with Crippen molar-refractivity contribution in [1.82, 2.24) is 4.31 Å². The maximum Gasteiger partial charge on any atom is 0.325 e. The second-order valence-electron chi connectivity index (χ2n) is 4.42. The predicted molar refractivity (Wildman–Crippen MR) is 85.8 cm³/mol. The summed E-state index contributed by atoms with van der Waals surface area (Å²) in [6.45, 7) is 2.26. The Hall–Kier alpha value is -0.570. The van der Waals surface area contributed by atoms with Gasteiger partial charge in [-0.3, -0.25) is 4.79 Å². The van der Waals surface area contributed by atoms with E-state index in [0.717, 1.165) is 0 Å². The topological polar surface area (TPSA) is 63.7 Å². The molecule has 0 unspecified atom stereocenters. The van der Waals surface area contributed by atoms with Crippen molar-refractivity contribution in [3.8, 4) is 0 Å². The normalized spacial score (nSPS) is 20.2. The van der Waals surface area contributed by atoms with Crippen LogP contribution in [0.15, 0.2) is 33.6 Å². The van der Waals surface area contributed by atoms with Crippen molar-refractivity contribution in [3.05, 3.63) is 28.7 Å². The second kappa shape index (κ2) is 7.13. The number of benzene rings is 1. The number of hydrogen-bond donors (Lipinski definition) is 0. The highest BCUT2D eigenvalue weighted by atomic mass is 79.9. The average molecular weight is 394 g/mol. The Morgan fingerprint density at radius 3 is 2.95 bits per heavy atom. The molecule has 21 heavy (non-hydrogen) atoms. The van der Waals surface area contributed by atoms with Gasteiger partial charge in [0.25, 0.3) is 0 Å². The fourth-order valence-corrected chi connectivity index (χ4v) is 5.48. The second-order valence-corrected chi connectivity index (χ2v) is 8.37. The first-order valence-corrected chi connectivity index (χ1v) is 9.87. The Morgan fingerprint density at radius 1 is 1.52 bits per heavy atom. The Morgan fingerprint density at radius 2 is 2.29 bits per heavy atom. The van der Waals surface area contributed by atoms with Crippen LogP contribution in [0.3, 0.4) is 0 Å². The first kappa shape index (κ1) is 16.8. The third-order valence-electron chi connectivity index (χ3n) is 3.04. The Kier molecular flexibility index (Phi) is 5.70. The quantitative estimate of drug-likeness (QED) is 0.733. The molecule has 116 valence electrons. The third kappa shape index (κ3) is 3.80. The molecule has 2 rings (SSSR count). The Balaban J connectivity index is 2.34. The van der Waals surface area contributed by atoms with E-state index in [4.69, 9.17) is 4.74 Å². The molecule has 0 bridgehead atoms. The zero-order chi connectivity index (χ0) is 15.5. The minimum atomic E-state index is -3.71. The van der Waals surface area contributed by atoms with E-state index in [1.54, 1.807) is 36.9 Å². The molecule has 1 heterocycles. The number of hydrogen-bond acceptors (Lipinski definition) is 5. The van der Waals surface area contributed by atoms with Gasteiger partial charge < -0.3 is 4.74 Å². The lowest BCUT2D eigenvalue weighted by molar-refractivity contribution is -0.146. The summed E-state index contributed by atoms with van der Waals surface area (Å²) in [5.41, 5.74) is 0. The highest BCUT2D eigenvalue weighted by Gasteiger charge is 2.38. The number of esters is 1. The standard InChI is InChI=1S/C13H16BrNO4S2/c1-2-19-13(16)12-9-20-7-6-15(12)21(17,18)11-5-3-4-10(14)8-11/h3-5,8,12H,2,6-7,9H2,1H3/t12-/m0/s1. The predicted octanol–water partition coefficient (Wildman–Crippen LogP) is 2.12. The molecular weight excluding hydrogens is 378 g/mol. The van der Waals surface area contributed by atoms with Crippen molar-refractivity contribution in [3.63, 3.8) is 0 Å². The lowest BCUT2D eigenvalue weighted by atomic mass is 10.3. The molecule has 0 N–H and O–H groups in total. The summed E-state index contributed by atoms with van der Waals surface area (Å²) in [4.78, 5) is 12.2. The number of sulfonamides is 1. The molecule has 1 atom stereocenters. The van der Waals surface area contributed by atoms with Crippen LogP contribution < -0.4 is 0 Å². The molecule has 1 aliphatic heterocycles. The van der Waals surface area contributed by atoms with Crippen LogP contribution in [0.2, 0.25) is 0 Å². The fourth-order valence-electron chi connectivity index (χ4n) is 2.06. The average Bonchev–Trinajstić information content (AvgIpc) is 2.47. The van der Waals surface area contributed by atoms with Gasteiger partial charge in [-0.15, -0.1) is 0 Å². The van der Waals surface area contributed by atoms with Gasteiger partial charge in [0.2, 0.25) is 10.0 Å². The number of nitrogens with zero attached hydrogens (tertiary/aromatic N) is 1. The molecule has 0 aliphatic carbocycles. The molecule has 0 aromatic heterocycles. The zero-order valence-corrected chi connectivity index (χ0v) is 14.7. The van der Waals surface area contributed by atoms with Gasteiger partial charge in [-0.25, -0.2) is 8.42 Å². The minimum absolute atomic E-state index is 0.179. The van der Waals surface area contributed by atoms with Gasteiger partial charge in [0, 0.05) is 22.5 Å². The van der Waals surface area contributed by atoms with Crippen molar-refractivity contribution < 1.29 is 17.9 Å². The van der Waals surface area contributed by atoms with Gasteiger partial charge in [0.15, 0.2) is 0 Å². The smallest absolute Gasteiger partial charge is 0.325 e. The maximum absolute atomic E-state index is 12.7. The van der Waals surface area contributed by atoms with E-state index in [2.05, 4.69) is 15.9 Å². The van der Waals surface area contributed by atoms with Gasteiger partial charge in [0.1, 0.15) is 6.04 Å².